The number of nitrogens with zero attached hydrogens (tertiary/aromatic N) is 3. The van der Waals surface area contributed by atoms with Gasteiger partial charge in [-0.1, -0.05) is 6.92 Å². The molecule has 32 heavy (non-hydrogen) atoms. The quantitative estimate of drug-likeness (QED) is 0.303. The van der Waals surface area contributed by atoms with Crippen molar-refractivity contribution < 1.29 is 13.2 Å². The second-order valence-electron chi connectivity index (χ2n) is 8.91. The highest BCUT2D eigenvalue weighted by Gasteiger charge is 2.41. The number of halogens is 3. The van der Waals surface area contributed by atoms with Crippen molar-refractivity contribution in [1.82, 2.24) is 14.5 Å². The third-order valence-electron chi connectivity index (χ3n) is 6.99. The number of aromatic nitrogens is 2. The van der Waals surface area contributed by atoms with Crippen LogP contribution in [0, 0.1) is 17.5 Å². The minimum absolute atomic E-state index is 0.196. The van der Waals surface area contributed by atoms with Crippen LogP contribution >= 0.6 is 11.8 Å². The first kappa shape index (κ1) is 21.8. The fourth-order valence-corrected chi connectivity index (χ4v) is 6.42. The van der Waals surface area contributed by atoms with Crippen LogP contribution in [0.25, 0.3) is 11.0 Å². The van der Waals surface area contributed by atoms with Crippen LogP contribution in [-0.2, 0) is 6.42 Å². The van der Waals surface area contributed by atoms with Crippen molar-refractivity contribution in [2.45, 2.75) is 68.5 Å². The molecule has 2 unspecified atom stereocenters. The molecular formula is C25H28F3N3S. The van der Waals surface area contributed by atoms with Gasteiger partial charge in [-0.15, -0.1) is 11.8 Å². The predicted molar refractivity (Wildman–Crippen MR) is 123 cm³/mol. The summed E-state index contributed by atoms with van der Waals surface area (Å²) in [6, 6.07) is 10.6. The molecule has 2 atom stereocenters. The molecule has 170 valence electrons. The molecule has 0 radical (unpaired) electrons. The molecule has 3 heterocycles. The summed E-state index contributed by atoms with van der Waals surface area (Å²) in [5.74, 6) is 0.0952. The van der Waals surface area contributed by atoms with Crippen LogP contribution in [-0.4, -0.2) is 38.8 Å². The van der Waals surface area contributed by atoms with Crippen LogP contribution < -0.4 is 0 Å². The van der Waals surface area contributed by atoms with E-state index in [0.29, 0.717) is 23.1 Å². The summed E-state index contributed by atoms with van der Waals surface area (Å²) < 4.78 is 43.0. The van der Waals surface area contributed by atoms with Gasteiger partial charge in [0.2, 0.25) is 0 Å². The molecule has 0 saturated carbocycles. The summed E-state index contributed by atoms with van der Waals surface area (Å²) in [6.45, 7) is 3.12. The molecule has 3 aromatic rings. The van der Waals surface area contributed by atoms with E-state index in [2.05, 4.69) is 14.5 Å². The van der Waals surface area contributed by atoms with Gasteiger partial charge < -0.3 is 4.57 Å². The molecule has 2 fully saturated rings. The molecule has 2 bridgehead atoms. The fourth-order valence-electron chi connectivity index (χ4n) is 5.59. The monoisotopic (exact) mass is 459 g/mol. The van der Waals surface area contributed by atoms with Gasteiger partial charge in [0, 0.05) is 41.6 Å². The molecule has 0 N–H and O–H groups in total. The Morgan fingerprint density at radius 2 is 1.66 bits per heavy atom. The zero-order valence-electron chi connectivity index (χ0n) is 18.2. The Kier molecular flexibility index (Phi) is 6.21. The van der Waals surface area contributed by atoms with Crippen molar-refractivity contribution in [1.29, 1.82) is 0 Å². The van der Waals surface area contributed by atoms with E-state index in [1.54, 1.807) is 11.8 Å². The van der Waals surface area contributed by atoms with Gasteiger partial charge in [0.1, 0.15) is 11.6 Å². The molecule has 2 aromatic carbocycles. The van der Waals surface area contributed by atoms with Crippen molar-refractivity contribution in [2.75, 3.05) is 12.3 Å². The molecule has 0 aliphatic carbocycles. The van der Waals surface area contributed by atoms with E-state index in [-0.39, 0.29) is 11.9 Å². The Morgan fingerprint density at radius 1 is 0.969 bits per heavy atom. The third kappa shape index (κ3) is 4.17. The number of hydrogen-bond acceptors (Lipinski definition) is 3. The average Bonchev–Trinajstić information content (AvgIpc) is 3.25. The summed E-state index contributed by atoms with van der Waals surface area (Å²) in [6.07, 6.45) is 6.29. The largest absolute Gasteiger partial charge is 0.325 e. The number of rotatable bonds is 7. The third-order valence-corrected chi connectivity index (χ3v) is 8.09. The number of hydrogen-bond donors (Lipinski definition) is 0. The van der Waals surface area contributed by atoms with Crippen molar-refractivity contribution in [3.63, 3.8) is 0 Å². The standard InChI is InChI=1S/C25H28F3N3S/c1-2-25-29-23-14-21(27)22(28)15-24(23)31(25)19-12-17-6-7-18(13-19)30(17)10-3-11-32-20-8-4-16(26)5-9-20/h4-5,8-9,14-15,17-19H,2-3,6-7,10-13H2,1H3. The highest BCUT2D eigenvalue weighted by molar-refractivity contribution is 7.99. The molecule has 3 nitrogen and oxygen atoms in total. The van der Waals surface area contributed by atoms with E-state index in [0.717, 1.165) is 48.7 Å². The Labute approximate surface area is 191 Å². The van der Waals surface area contributed by atoms with E-state index >= 15 is 0 Å². The first-order valence-corrected chi connectivity index (χ1v) is 12.5. The van der Waals surface area contributed by atoms with Crippen LogP contribution in [0.4, 0.5) is 13.2 Å². The van der Waals surface area contributed by atoms with Gasteiger partial charge in [-0.25, -0.2) is 18.2 Å². The van der Waals surface area contributed by atoms with Gasteiger partial charge in [-0.05, 0) is 68.7 Å². The molecule has 1 aromatic heterocycles. The molecule has 5 rings (SSSR count). The SMILES string of the molecule is CCc1nc2cc(F)c(F)cc2n1C1CC2CCC(C1)N2CCCSc1ccc(F)cc1. The Balaban J connectivity index is 1.25. The van der Waals surface area contributed by atoms with Crippen LogP contribution in [0.2, 0.25) is 0 Å². The highest BCUT2D eigenvalue weighted by Crippen LogP contribution is 2.42. The van der Waals surface area contributed by atoms with Crippen LogP contribution in [0.3, 0.4) is 0 Å². The Hall–Kier alpha value is -1.99. The van der Waals surface area contributed by atoms with Crippen molar-refractivity contribution in [3.05, 3.63) is 59.7 Å². The van der Waals surface area contributed by atoms with E-state index in [1.165, 1.54) is 37.1 Å². The molecule has 2 aliphatic heterocycles. The van der Waals surface area contributed by atoms with Crippen LogP contribution in [0.15, 0.2) is 41.3 Å². The maximum Gasteiger partial charge on any atom is 0.161 e. The van der Waals surface area contributed by atoms with Crippen molar-refractivity contribution in [2.24, 2.45) is 0 Å². The minimum atomic E-state index is -0.835. The lowest BCUT2D eigenvalue weighted by Gasteiger charge is -2.40. The molecule has 0 spiro atoms. The van der Waals surface area contributed by atoms with E-state index in [1.807, 2.05) is 19.1 Å². The molecule has 2 saturated heterocycles. The van der Waals surface area contributed by atoms with Gasteiger partial charge >= 0.3 is 0 Å². The summed E-state index contributed by atoms with van der Waals surface area (Å²) >= 11 is 1.78. The van der Waals surface area contributed by atoms with Gasteiger partial charge in [-0.3, -0.25) is 4.90 Å². The minimum Gasteiger partial charge on any atom is -0.325 e. The summed E-state index contributed by atoms with van der Waals surface area (Å²) in [5, 5.41) is 0. The van der Waals surface area contributed by atoms with Gasteiger partial charge in [0.25, 0.3) is 0 Å². The van der Waals surface area contributed by atoms with E-state index in [4.69, 9.17) is 0 Å². The lowest BCUT2D eigenvalue weighted by molar-refractivity contribution is 0.108. The summed E-state index contributed by atoms with van der Waals surface area (Å²) in [4.78, 5) is 8.38. The number of benzene rings is 2. The van der Waals surface area contributed by atoms with Crippen LogP contribution in [0.1, 0.15) is 50.9 Å². The number of piperidine rings is 1. The zero-order chi connectivity index (χ0) is 22.2. The fraction of sp³-hybridized carbons (Fsp3) is 0.480. The maximum absolute atomic E-state index is 14.0. The maximum atomic E-state index is 14.0. The van der Waals surface area contributed by atoms with Crippen molar-refractivity contribution >= 4 is 22.8 Å². The van der Waals surface area contributed by atoms with E-state index < -0.39 is 11.6 Å². The molecule has 2 aliphatic rings. The number of thioether (sulfide) groups is 1. The first-order valence-electron chi connectivity index (χ1n) is 11.5. The second-order valence-corrected chi connectivity index (χ2v) is 10.1. The van der Waals surface area contributed by atoms with Gasteiger partial charge in [-0.2, -0.15) is 0 Å². The molecule has 0 amide bonds. The predicted octanol–water partition coefficient (Wildman–Crippen LogP) is 6.37. The second kappa shape index (κ2) is 9.10. The van der Waals surface area contributed by atoms with Crippen LogP contribution in [0.5, 0.6) is 0 Å². The molecular weight excluding hydrogens is 431 g/mol. The lowest BCUT2D eigenvalue weighted by Crippen LogP contribution is -2.44. The molecule has 7 heteroatoms. The number of aryl methyl sites for hydroxylation is 1. The Morgan fingerprint density at radius 3 is 2.34 bits per heavy atom. The first-order chi connectivity index (χ1) is 15.5. The summed E-state index contributed by atoms with van der Waals surface area (Å²) in [5.41, 5.74) is 1.27. The smallest absolute Gasteiger partial charge is 0.161 e. The van der Waals surface area contributed by atoms with Gasteiger partial charge in [0.05, 0.1) is 11.0 Å². The Bertz CT molecular complexity index is 1080. The van der Waals surface area contributed by atoms with Gasteiger partial charge in [0.15, 0.2) is 11.6 Å². The summed E-state index contributed by atoms with van der Waals surface area (Å²) in [7, 11) is 0. The zero-order valence-corrected chi connectivity index (χ0v) is 19.1. The number of fused-ring (bicyclic) bond motifs is 3. The average molecular weight is 460 g/mol. The van der Waals surface area contributed by atoms with Crippen molar-refractivity contribution in [3.8, 4) is 0 Å². The lowest BCUT2D eigenvalue weighted by atomic mass is 9.96. The highest BCUT2D eigenvalue weighted by atomic mass is 32.2. The topological polar surface area (TPSA) is 21.1 Å². The van der Waals surface area contributed by atoms with E-state index in [9.17, 15) is 13.2 Å². The normalized spacial score (nSPS) is 23.3. The number of imidazole rings is 1.